The van der Waals surface area contributed by atoms with Crippen LogP contribution in [0, 0.1) is 0 Å². The zero-order valence-corrected chi connectivity index (χ0v) is 19.5. The van der Waals surface area contributed by atoms with Crippen LogP contribution in [0.4, 0.5) is 17.1 Å². The lowest BCUT2D eigenvalue weighted by molar-refractivity contribution is -0.114. The highest BCUT2D eigenvalue weighted by molar-refractivity contribution is 6.06. The molecule has 0 saturated carbocycles. The Morgan fingerprint density at radius 2 is 1.38 bits per heavy atom. The molecule has 0 bridgehead atoms. The number of hydrogen-bond donors (Lipinski definition) is 3. The summed E-state index contributed by atoms with van der Waals surface area (Å²) in [7, 11) is 0. The van der Waals surface area contributed by atoms with E-state index in [1.54, 1.807) is 53.4 Å². The molecule has 176 valence electrons. The van der Waals surface area contributed by atoms with Gasteiger partial charge in [0.05, 0.1) is 6.54 Å². The van der Waals surface area contributed by atoms with E-state index in [1.807, 2.05) is 44.2 Å². The van der Waals surface area contributed by atoms with Gasteiger partial charge in [0, 0.05) is 41.3 Å². The maximum absolute atomic E-state index is 12.9. The van der Waals surface area contributed by atoms with Crippen LogP contribution in [0.25, 0.3) is 0 Å². The van der Waals surface area contributed by atoms with E-state index < -0.39 is 0 Å². The SMILES string of the molecule is CCCNC(=O)c1ccc(NC(=O)CNc2ccc(C(=O)N(CC)c3ccccc3)cc2)cc1. The molecule has 0 aliphatic carbocycles. The van der Waals surface area contributed by atoms with Crippen LogP contribution >= 0.6 is 0 Å². The average Bonchev–Trinajstić information content (AvgIpc) is 2.88. The van der Waals surface area contributed by atoms with E-state index in [0.29, 0.717) is 29.9 Å². The largest absolute Gasteiger partial charge is 0.376 e. The summed E-state index contributed by atoms with van der Waals surface area (Å²) in [6.07, 6.45) is 0.872. The van der Waals surface area contributed by atoms with Crippen molar-refractivity contribution >= 4 is 34.8 Å². The van der Waals surface area contributed by atoms with Gasteiger partial charge in [-0.2, -0.15) is 0 Å². The van der Waals surface area contributed by atoms with Gasteiger partial charge in [0.15, 0.2) is 0 Å². The Balaban J connectivity index is 1.51. The maximum atomic E-state index is 12.9. The molecule has 3 amide bonds. The number of hydrogen-bond acceptors (Lipinski definition) is 4. The van der Waals surface area contributed by atoms with Crippen LogP contribution in [-0.4, -0.2) is 37.4 Å². The number of anilines is 3. The smallest absolute Gasteiger partial charge is 0.258 e. The third-order valence-electron chi connectivity index (χ3n) is 5.18. The Morgan fingerprint density at radius 1 is 0.765 bits per heavy atom. The molecule has 0 atom stereocenters. The van der Waals surface area contributed by atoms with Crippen LogP contribution in [0.2, 0.25) is 0 Å². The van der Waals surface area contributed by atoms with E-state index in [-0.39, 0.29) is 24.3 Å². The van der Waals surface area contributed by atoms with Crippen molar-refractivity contribution in [3.8, 4) is 0 Å². The van der Waals surface area contributed by atoms with Crippen LogP contribution in [0.5, 0.6) is 0 Å². The number of carbonyl (C=O) groups is 3. The average molecular weight is 459 g/mol. The first kappa shape index (κ1) is 24.5. The minimum atomic E-state index is -0.218. The first-order valence-corrected chi connectivity index (χ1v) is 11.4. The van der Waals surface area contributed by atoms with Gasteiger partial charge < -0.3 is 20.9 Å². The first-order chi connectivity index (χ1) is 16.5. The predicted molar refractivity (Wildman–Crippen MR) is 136 cm³/mol. The van der Waals surface area contributed by atoms with Crippen molar-refractivity contribution in [1.82, 2.24) is 5.32 Å². The topological polar surface area (TPSA) is 90.5 Å². The third-order valence-corrected chi connectivity index (χ3v) is 5.18. The second-order valence-electron chi connectivity index (χ2n) is 7.70. The van der Waals surface area contributed by atoms with Crippen LogP contribution in [-0.2, 0) is 4.79 Å². The summed E-state index contributed by atoms with van der Waals surface area (Å²) in [6, 6.07) is 23.4. The van der Waals surface area contributed by atoms with Crippen LogP contribution < -0.4 is 20.9 Å². The van der Waals surface area contributed by atoms with E-state index in [9.17, 15) is 14.4 Å². The van der Waals surface area contributed by atoms with E-state index in [2.05, 4.69) is 16.0 Å². The standard InChI is InChI=1S/C27H30N4O3/c1-3-18-28-26(33)20-10-16-23(17-11-20)30-25(32)19-29-22-14-12-21(13-15-22)27(34)31(4-2)24-8-6-5-7-9-24/h5-17,29H,3-4,18-19H2,1-2H3,(H,28,33)(H,30,32). The Bertz CT molecular complexity index is 1100. The second kappa shape index (κ2) is 12.2. The van der Waals surface area contributed by atoms with Crippen LogP contribution in [0.15, 0.2) is 78.9 Å². The van der Waals surface area contributed by atoms with Gasteiger partial charge in [-0.15, -0.1) is 0 Å². The second-order valence-corrected chi connectivity index (χ2v) is 7.70. The van der Waals surface area contributed by atoms with Crippen molar-refractivity contribution in [1.29, 1.82) is 0 Å². The van der Waals surface area contributed by atoms with Gasteiger partial charge in [0.1, 0.15) is 0 Å². The fourth-order valence-corrected chi connectivity index (χ4v) is 3.37. The Labute approximate surface area is 200 Å². The highest BCUT2D eigenvalue weighted by Crippen LogP contribution is 2.18. The fraction of sp³-hybridized carbons (Fsp3) is 0.222. The van der Waals surface area contributed by atoms with Crippen molar-refractivity contribution in [3.05, 3.63) is 90.0 Å². The van der Waals surface area contributed by atoms with E-state index in [0.717, 1.165) is 17.8 Å². The summed E-state index contributed by atoms with van der Waals surface area (Å²) in [5.41, 5.74) is 3.32. The molecule has 0 saturated heterocycles. The van der Waals surface area contributed by atoms with E-state index in [1.165, 1.54) is 0 Å². The fourth-order valence-electron chi connectivity index (χ4n) is 3.37. The van der Waals surface area contributed by atoms with Crippen molar-refractivity contribution in [2.24, 2.45) is 0 Å². The molecule has 7 heteroatoms. The van der Waals surface area contributed by atoms with E-state index >= 15 is 0 Å². The van der Waals surface area contributed by atoms with Gasteiger partial charge in [-0.1, -0.05) is 25.1 Å². The summed E-state index contributed by atoms with van der Waals surface area (Å²) >= 11 is 0. The number of nitrogens with one attached hydrogen (secondary N) is 3. The van der Waals surface area contributed by atoms with Crippen molar-refractivity contribution in [3.63, 3.8) is 0 Å². The summed E-state index contributed by atoms with van der Waals surface area (Å²) in [4.78, 5) is 38.9. The molecule has 0 aromatic heterocycles. The minimum absolute atomic E-state index is 0.0666. The predicted octanol–water partition coefficient (Wildman–Crippen LogP) is 4.54. The molecular weight excluding hydrogens is 428 g/mol. The first-order valence-electron chi connectivity index (χ1n) is 11.4. The molecule has 3 aromatic rings. The number of para-hydroxylation sites is 1. The molecule has 7 nitrogen and oxygen atoms in total. The van der Waals surface area contributed by atoms with Crippen molar-refractivity contribution in [2.45, 2.75) is 20.3 Å². The third kappa shape index (κ3) is 6.68. The highest BCUT2D eigenvalue weighted by Gasteiger charge is 2.15. The molecule has 34 heavy (non-hydrogen) atoms. The lowest BCUT2D eigenvalue weighted by Gasteiger charge is -2.21. The zero-order chi connectivity index (χ0) is 24.3. The van der Waals surface area contributed by atoms with Gasteiger partial charge >= 0.3 is 0 Å². The molecule has 0 aliphatic rings. The van der Waals surface area contributed by atoms with Gasteiger partial charge in [0.25, 0.3) is 11.8 Å². The monoisotopic (exact) mass is 458 g/mol. The molecule has 0 heterocycles. The summed E-state index contributed by atoms with van der Waals surface area (Å²) in [5.74, 6) is -0.427. The molecular formula is C27H30N4O3. The zero-order valence-electron chi connectivity index (χ0n) is 19.5. The van der Waals surface area contributed by atoms with Crippen LogP contribution in [0.1, 0.15) is 41.0 Å². The van der Waals surface area contributed by atoms with Gasteiger partial charge in [-0.25, -0.2) is 0 Å². The molecule has 0 radical (unpaired) electrons. The Hall–Kier alpha value is -4.13. The summed E-state index contributed by atoms with van der Waals surface area (Å²) < 4.78 is 0. The number of nitrogens with zero attached hydrogens (tertiary/aromatic N) is 1. The minimum Gasteiger partial charge on any atom is -0.376 e. The lowest BCUT2D eigenvalue weighted by atomic mass is 10.1. The lowest BCUT2D eigenvalue weighted by Crippen LogP contribution is -2.30. The Kier molecular flexibility index (Phi) is 8.80. The number of carbonyl (C=O) groups excluding carboxylic acids is 3. The van der Waals surface area contributed by atoms with Gasteiger partial charge in [-0.05, 0) is 74.0 Å². The Morgan fingerprint density at radius 3 is 2.00 bits per heavy atom. The quantitative estimate of drug-likeness (QED) is 0.416. The number of amides is 3. The summed E-state index contributed by atoms with van der Waals surface area (Å²) in [6.45, 7) is 5.19. The van der Waals surface area contributed by atoms with E-state index in [4.69, 9.17) is 0 Å². The molecule has 0 aliphatic heterocycles. The van der Waals surface area contributed by atoms with Gasteiger partial charge in [-0.3, -0.25) is 14.4 Å². The van der Waals surface area contributed by atoms with Crippen molar-refractivity contribution < 1.29 is 14.4 Å². The summed E-state index contributed by atoms with van der Waals surface area (Å²) in [5, 5.41) is 8.67. The normalized spacial score (nSPS) is 10.3. The molecule has 3 rings (SSSR count). The highest BCUT2D eigenvalue weighted by atomic mass is 16.2. The molecule has 0 spiro atoms. The number of benzene rings is 3. The number of rotatable bonds is 10. The molecule has 3 aromatic carbocycles. The maximum Gasteiger partial charge on any atom is 0.258 e. The molecule has 0 fully saturated rings. The van der Waals surface area contributed by atoms with Gasteiger partial charge in [0.2, 0.25) is 5.91 Å². The molecule has 3 N–H and O–H groups in total. The molecule has 0 unspecified atom stereocenters. The van der Waals surface area contributed by atoms with Crippen molar-refractivity contribution in [2.75, 3.05) is 35.2 Å². The van der Waals surface area contributed by atoms with Crippen LogP contribution in [0.3, 0.4) is 0 Å².